The molecule has 5 heteroatoms. The van der Waals surface area contributed by atoms with Crippen LogP contribution in [-0.2, 0) is 23.9 Å². The quantitative estimate of drug-likeness (QED) is 0.287. The minimum Gasteiger partial charge on any atom is -0.421 e. The highest BCUT2D eigenvalue weighted by Crippen LogP contribution is 2.08. The van der Waals surface area contributed by atoms with Gasteiger partial charge in [-0.15, -0.1) is 0 Å². The highest BCUT2D eigenvalue weighted by atomic mass is 16.7. The molecule has 0 radical (unpaired) electrons. The molecule has 78 valence electrons. The number of hydrogen-bond acceptors (Lipinski definition) is 5. The SMILES string of the molecule is CC(=O)OC(OC(C)=O)/C(C)=C/C=O. The van der Waals surface area contributed by atoms with Gasteiger partial charge in [-0.25, -0.2) is 0 Å². The number of rotatable bonds is 4. The van der Waals surface area contributed by atoms with E-state index in [9.17, 15) is 14.4 Å². The van der Waals surface area contributed by atoms with Gasteiger partial charge in [0.05, 0.1) is 0 Å². The molecule has 0 saturated carbocycles. The Labute approximate surface area is 81.7 Å². The van der Waals surface area contributed by atoms with E-state index in [0.717, 1.165) is 6.08 Å². The predicted octanol–water partition coefficient (Wildman–Crippen LogP) is 0.584. The number of allylic oxidation sites excluding steroid dienone is 1. The zero-order valence-corrected chi connectivity index (χ0v) is 8.27. The van der Waals surface area contributed by atoms with Crippen molar-refractivity contribution in [1.29, 1.82) is 0 Å². The van der Waals surface area contributed by atoms with E-state index >= 15 is 0 Å². The summed E-state index contributed by atoms with van der Waals surface area (Å²) in [6.45, 7) is 3.89. The fourth-order valence-corrected chi connectivity index (χ4v) is 0.697. The molecule has 0 aliphatic heterocycles. The number of carbonyl (C=O) groups is 3. The lowest BCUT2D eigenvalue weighted by molar-refractivity contribution is -0.178. The van der Waals surface area contributed by atoms with Crippen LogP contribution in [-0.4, -0.2) is 24.5 Å². The van der Waals surface area contributed by atoms with Crippen molar-refractivity contribution in [2.75, 3.05) is 0 Å². The Morgan fingerprint density at radius 2 is 1.50 bits per heavy atom. The van der Waals surface area contributed by atoms with Crippen molar-refractivity contribution < 1.29 is 23.9 Å². The molecule has 0 spiro atoms. The third kappa shape index (κ3) is 5.08. The second-order valence-electron chi connectivity index (χ2n) is 2.60. The van der Waals surface area contributed by atoms with E-state index in [2.05, 4.69) is 9.47 Å². The van der Waals surface area contributed by atoms with Crippen molar-refractivity contribution >= 4 is 18.2 Å². The molecule has 0 aliphatic carbocycles. The number of ether oxygens (including phenoxy) is 2. The molecule has 0 heterocycles. The molecule has 5 nitrogen and oxygen atoms in total. The van der Waals surface area contributed by atoms with Gasteiger partial charge in [0.15, 0.2) is 0 Å². The summed E-state index contributed by atoms with van der Waals surface area (Å²) in [6.07, 6.45) is 0.571. The molecule has 0 aromatic carbocycles. The van der Waals surface area contributed by atoms with E-state index in [1.54, 1.807) is 0 Å². The van der Waals surface area contributed by atoms with Crippen molar-refractivity contribution in [3.8, 4) is 0 Å². The van der Waals surface area contributed by atoms with Crippen LogP contribution in [0.15, 0.2) is 11.6 Å². The smallest absolute Gasteiger partial charge is 0.305 e. The Hall–Kier alpha value is -1.65. The van der Waals surface area contributed by atoms with Crippen LogP contribution in [0, 0.1) is 0 Å². The fourth-order valence-electron chi connectivity index (χ4n) is 0.697. The van der Waals surface area contributed by atoms with Crippen LogP contribution in [0.5, 0.6) is 0 Å². The molecule has 0 fully saturated rings. The molecule has 0 unspecified atom stereocenters. The maximum Gasteiger partial charge on any atom is 0.305 e. The van der Waals surface area contributed by atoms with Gasteiger partial charge in [-0.3, -0.25) is 14.4 Å². The van der Waals surface area contributed by atoms with E-state index in [1.807, 2.05) is 0 Å². The van der Waals surface area contributed by atoms with Gasteiger partial charge in [0.25, 0.3) is 6.29 Å². The molecule has 0 rings (SSSR count). The first-order valence-electron chi connectivity index (χ1n) is 3.93. The van der Waals surface area contributed by atoms with Crippen molar-refractivity contribution in [1.82, 2.24) is 0 Å². The van der Waals surface area contributed by atoms with Gasteiger partial charge in [0, 0.05) is 19.4 Å². The number of hydrogen-bond donors (Lipinski definition) is 0. The molecule has 0 aliphatic rings. The summed E-state index contributed by atoms with van der Waals surface area (Å²) in [5, 5.41) is 0. The van der Waals surface area contributed by atoms with E-state index in [-0.39, 0.29) is 0 Å². The zero-order valence-electron chi connectivity index (χ0n) is 8.27. The molecular formula is C9H12O5. The van der Waals surface area contributed by atoms with Crippen LogP contribution in [0.25, 0.3) is 0 Å². The normalized spacial score (nSPS) is 11.0. The van der Waals surface area contributed by atoms with Crippen LogP contribution in [0.4, 0.5) is 0 Å². The summed E-state index contributed by atoms with van der Waals surface area (Å²) in [4.78, 5) is 31.4. The van der Waals surface area contributed by atoms with E-state index in [4.69, 9.17) is 0 Å². The second-order valence-corrected chi connectivity index (χ2v) is 2.60. The van der Waals surface area contributed by atoms with Gasteiger partial charge < -0.3 is 9.47 Å². The van der Waals surface area contributed by atoms with Gasteiger partial charge in [0.2, 0.25) is 0 Å². The largest absolute Gasteiger partial charge is 0.421 e. The van der Waals surface area contributed by atoms with E-state index in [0.29, 0.717) is 11.9 Å². The van der Waals surface area contributed by atoms with E-state index in [1.165, 1.54) is 20.8 Å². The van der Waals surface area contributed by atoms with Gasteiger partial charge in [0.1, 0.15) is 6.29 Å². The van der Waals surface area contributed by atoms with Gasteiger partial charge in [-0.05, 0) is 13.0 Å². The third-order valence-corrected chi connectivity index (χ3v) is 1.25. The monoisotopic (exact) mass is 200 g/mol. The summed E-state index contributed by atoms with van der Waals surface area (Å²) in [5.41, 5.74) is 0.352. The standard InChI is InChI=1S/C9H12O5/c1-6(4-5-10)9(13-7(2)11)14-8(3)12/h4-5,9H,1-3H3/b6-4+. The Balaban J connectivity index is 4.53. The van der Waals surface area contributed by atoms with Crippen LogP contribution in [0.1, 0.15) is 20.8 Å². The van der Waals surface area contributed by atoms with Gasteiger partial charge >= 0.3 is 11.9 Å². The zero-order chi connectivity index (χ0) is 11.1. The maximum atomic E-state index is 10.6. The highest BCUT2D eigenvalue weighted by Gasteiger charge is 2.16. The predicted molar refractivity (Wildman–Crippen MR) is 47.1 cm³/mol. The number of carbonyl (C=O) groups excluding carboxylic acids is 3. The van der Waals surface area contributed by atoms with Gasteiger partial charge in [-0.1, -0.05) is 0 Å². The average molecular weight is 200 g/mol. The van der Waals surface area contributed by atoms with Crippen LogP contribution >= 0.6 is 0 Å². The number of aldehydes is 1. The molecular weight excluding hydrogens is 188 g/mol. The first-order valence-corrected chi connectivity index (χ1v) is 3.93. The summed E-state index contributed by atoms with van der Waals surface area (Å²) in [7, 11) is 0. The second kappa shape index (κ2) is 5.90. The lowest BCUT2D eigenvalue weighted by Crippen LogP contribution is -2.23. The van der Waals surface area contributed by atoms with Crippen molar-refractivity contribution in [2.45, 2.75) is 27.1 Å². The first-order chi connectivity index (χ1) is 6.47. The minimum absolute atomic E-state index is 0.352. The van der Waals surface area contributed by atoms with Crippen molar-refractivity contribution in [2.24, 2.45) is 0 Å². The van der Waals surface area contributed by atoms with Crippen molar-refractivity contribution in [3.05, 3.63) is 11.6 Å². The third-order valence-electron chi connectivity index (χ3n) is 1.25. The topological polar surface area (TPSA) is 69.7 Å². The first kappa shape index (κ1) is 12.3. The highest BCUT2D eigenvalue weighted by molar-refractivity contribution is 5.70. The van der Waals surface area contributed by atoms with Crippen LogP contribution in [0.3, 0.4) is 0 Å². The molecule has 0 N–H and O–H groups in total. The Morgan fingerprint density at radius 3 is 1.79 bits per heavy atom. The number of esters is 2. The minimum atomic E-state index is -1.12. The van der Waals surface area contributed by atoms with Gasteiger partial charge in [-0.2, -0.15) is 0 Å². The summed E-state index contributed by atoms with van der Waals surface area (Å²) >= 11 is 0. The fraction of sp³-hybridized carbons (Fsp3) is 0.444. The summed E-state index contributed by atoms with van der Waals surface area (Å²) < 4.78 is 9.33. The molecule has 0 amide bonds. The molecule has 0 aromatic rings. The average Bonchev–Trinajstić information content (AvgIpc) is 2.01. The Kier molecular flexibility index (Phi) is 5.21. The molecule has 0 bridgehead atoms. The molecule has 0 atom stereocenters. The van der Waals surface area contributed by atoms with E-state index < -0.39 is 18.2 Å². The lowest BCUT2D eigenvalue weighted by Gasteiger charge is -2.16. The van der Waals surface area contributed by atoms with Crippen LogP contribution in [0.2, 0.25) is 0 Å². The van der Waals surface area contributed by atoms with Crippen molar-refractivity contribution in [3.63, 3.8) is 0 Å². The van der Waals surface area contributed by atoms with Crippen LogP contribution < -0.4 is 0 Å². The Bertz CT molecular complexity index is 250. The summed E-state index contributed by atoms with van der Waals surface area (Å²) in [6, 6.07) is 0. The lowest BCUT2D eigenvalue weighted by atomic mass is 10.3. The Morgan fingerprint density at radius 1 is 1.07 bits per heavy atom. The maximum absolute atomic E-state index is 10.6. The molecule has 0 aromatic heterocycles. The molecule has 0 saturated heterocycles. The molecule has 14 heavy (non-hydrogen) atoms. The summed E-state index contributed by atoms with van der Waals surface area (Å²) in [5.74, 6) is -1.18.